The summed E-state index contributed by atoms with van der Waals surface area (Å²) in [6.45, 7) is 5.80. The first-order chi connectivity index (χ1) is 12.9. The smallest absolute Gasteiger partial charge is 0.256 e. The maximum Gasteiger partial charge on any atom is 0.256 e. The van der Waals surface area contributed by atoms with Gasteiger partial charge in [0.15, 0.2) is 0 Å². The molecule has 27 heavy (non-hydrogen) atoms. The van der Waals surface area contributed by atoms with E-state index in [-0.39, 0.29) is 17.4 Å². The molecule has 148 valence electrons. The van der Waals surface area contributed by atoms with Crippen LogP contribution in [0, 0.1) is 5.92 Å². The summed E-state index contributed by atoms with van der Waals surface area (Å²) in [5.74, 6) is 1.45. The van der Waals surface area contributed by atoms with Gasteiger partial charge in [-0.05, 0) is 32.1 Å². The lowest BCUT2D eigenvalue weighted by Crippen LogP contribution is -2.55. The number of anilines is 1. The van der Waals surface area contributed by atoms with Gasteiger partial charge in [0.1, 0.15) is 12.1 Å². The lowest BCUT2D eigenvalue weighted by Gasteiger charge is -2.46. The molecule has 0 unspecified atom stereocenters. The van der Waals surface area contributed by atoms with E-state index in [2.05, 4.69) is 19.2 Å². The fourth-order valence-corrected chi connectivity index (χ4v) is 6.53. The normalized spacial score (nSPS) is 30.6. The third-order valence-corrected chi connectivity index (χ3v) is 8.10. The molecule has 0 radical (unpaired) electrons. The van der Waals surface area contributed by atoms with E-state index in [1.54, 1.807) is 20.2 Å². The summed E-state index contributed by atoms with van der Waals surface area (Å²) >= 11 is 0. The topological polar surface area (TPSA) is 84.8 Å². The van der Waals surface area contributed by atoms with Gasteiger partial charge in [0.2, 0.25) is 0 Å². The SMILES string of the molecule is CC(C)C(=O)N=S1(=O)CCC2(CC1)CN(c1ncnc3c1CCC3)CCO2. The van der Waals surface area contributed by atoms with Gasteiger partial charge in [0.05, 0.1) is 21.9 Å². The largest absolute Gasteiger partial charge is 0.371 e. The molecule has 1 aromatic heterocycles. The van der Waals surface area contributed by atoms with Crippen LogP contribution >= 0.6 is 0 Å². The Kier molecular flexibility index (Phi) is 4.96. The third kappa shape index (κ3) is 3.74. The Labute approximate surface area is 161 Å². The second-order valence-corrected chi connectivity index (χ2v) is 10.7. The zero-order valence-corrected chi connectivity index (χ0v) is 17.0. The molecule has 0 N–H and O–H groups in total. The Morgan fingerprint density at radius 1 is 1.30 bits per heavy atom. The minimum absolute atomic E-state index is 0.208. The quantitative estimate of drug-likeness (QED) is 0.765. The Hall–Kier alpha value is -1.54. The van der Waals surface area contributed by atoms with E-state index in [4.69, 9.17) is 4.74 Å². The molecule has 0 aromatic carbocycles. The number of carbonyl (C=O) groups excluding carboxylic acids is 1. The highest BCUT2D eigenvalue weighted by molar-refractivity contribution is 7.93. The molecule has 0 atom stereocenters. The molecule has 3 heterocycles. The standard InChI is InChI=1S/C19H28N4O3S/c1-14(2)18(24)22-27(25)10-6-19(7-11-27)12-23(8-9-26-19)17-15-4-3-5-16(15)20-13-21-17/h13-14H,3-12H2,1-2H3. The fraction of sp³-hybridized carbons (Fsp3) is 0.737. The van der Waals surface area contributed by atoms with Gasteiger partial charge >= 0.3 is 0 Å². The molecule has 1 aromatic rings. The van der Waals surface area contributed by atoms with Crippen LogP contribution < -0.4 is 4.90 Å². The summed E-state index contributed by atoms with van der Waals surface area (Å²) in [5.41, 5.74) is 2.15. The van der Waals surface area contributed by atoms with Gasteiger partial charge < -0.3 is 9.64 Å². The number of amides is 1. The maximum absolute atomic E-state index is 13.0. The number of aryl methyl sites for hydroxylation is 1. The summed E-state index contributed by atoms with van der Waals surface area (Å²) in [6.07, 6.45) is 6.23. The molecule has 7 nitrogen and oxygen atoms in total. The summed E-state index contributed by atoms with van der Waals surface area (Å²) < 4.78 is 23.2. The molecule has 1 amide bonds. The van der Waals surface area contributed by atoms with Crippen molar-refractivity contribution >= 4 is 21.5 Å². The summed E-state index contributed by atoms with van der Waals surface area (Å²) in [6, 6.07) is 0. The summed E-state index contributed by atoms with van der Waals surface area (Å²) in [5, 5.41) is 0. The molecule has 2 saturated heterocycles. The summed E-state index contributed by atoms with van der Waals surface area (Å²) in [4.78, 5) is 23.3. The maximum atomic E-state index is 13.0. The van der Waals surface area contributed by atoms with Gasteiger partial charge in [-0.15, -0.1) is 0 Å². The van der Waals surface area contributed by atoms with Crippen LogP contribution in [0.5, 0.6) is 0 Å². The van der Waals surface area contributed by atoms with Gasteiger partial charge in [-0.1, -0.05) is 13.8 Å². The van der Waals surface area contributed by atoms with E-state index < -0.39 is 9.73 Å². The first-order valence-electron chi connectivity index (χ1n) is 9.88. The van der Waals surface area contributed by atoms with Crippen molar-refractivity contribution in [1.29, 1.82) is 0 Å². The van der Waals surface area contributed by atoms with Crippen molar-refractivity contribution in [2.45, 2.75) is 51.6 Å². The highest BCUT2D eigenvalue weighted by Crippen LogP contribution is 2.35. The second-order valence-electron chi connectivity index (χ2n) is 8.19. The van der Waals surface area contributed by atoms with Crippen molar-refractivity contribution in [3.05, 3.63) is 17.6 Å². The average Bonchev–Trinajstić information content (AvgIpc) is 3.13. The van der Waals surface area contributed by atoms with Crippen LogP contribution in [0.1, 0.15) is 44.4 Å². The van der Waals surface area contributed by atoms with E-state index in [9.17, 15) is 9.00 Å². The summed E-state index contributed by atoms with van der Waals surface area (Å²) in [7, 11) is -2.45. The van der Waals surface area contributed by atoms with Crippen LogP contribution in [-0.4, -0.2) is 56.9 Å². The Morgan fingerprint density at radius 3 is 2.81 bits per heavy atom. The van der Waals surface area contributed by atoms with E-state index in [0.717, 1.165) is 38.2 Å². The highest BCUT2D eigenvalue weighted by Gasteiger charge is 2.42. The first kappa shape index (κ1) is 18.8. The Balaban J connectivity index is 1.51. The van der Waals surface area contributed by atoms with Crippen LogP contribution in [-0.2, 0) is 32.1 Å². The molecule has 0 saturated carbocycles. The van der Waals surface area contributed by atoms with Crippen LogP contribution in [0.2, 0.25) is 0 Å². The predicted octanol–water partition coefficient (Wildman–Crippen LogP) is 1.99. The van der Waals surface area contributed by atoms with E-state index in [1.807, 2.05) is 0 Å². The molecule has 1 aliphatic carbocycles. The number of nitrogens with zero attached hydrogens (tertiary/aromatic N) is 4. The molecule has 0 bridgehead atoms. The molecular weight excluding hydrogens is 364 g/mol. The van der Waals surface area contributed by atoms with Crippen molar-refractivity contribution in [3.63, 3.8) is 0 Å². The van der Waals surface area contributed by atoms with E-state index in [1.165, 1.54) is 11.3 Å². The minimum atomic E-state index is -2.45. The van der Waals surface area contributed by atoms with Crippen LogP contribution in [0.4, 0.5) is 5.82 Å². The fourth-order valence-electron chi connectivity index (χ4n) is 4.22. The zero-order valence-electron chi connectivity index (χ0n) is 16.1. The molecule has 2 aliphatic heterocycles. The lowest BCUT2D eigenvalue weighted by atomic mass is 9.94. The van der Waals surface area contributed by atoms with E-state index in [0.29, 0.717) is 31.0 Å². The number of morpholine rings is 1. The van der Waals surface area contributed by atoms with Crippen molar-refractivity contribution < 1.29 is 13.7 Å². The number of aromatic nitrogens is 2. The highest BCUT2D eigenvalue weighted by atomic mass is 32.2. The first-order valence-corrected chi connectivity index (χ1v) is 11.7. The van der Waals surface area contributed by atoms with E-state index >= 15 is 0 Å². The number of hydrogen-bond donors (Lipinski definition) is 0. The average molecular weight is 393 g/mol. The van der Waals surface area contributed by atoms with Crippen molar-refractivity contribution in [2.75, 3.05) is 36.1 Å². The third-order valence-electron chi connectivity index (χ3n) is 5.90. The number of carbonyl (C=O) groups is 1. The van der Waals surface area contributed by atoms with Gasteiger partial charge in [0.25, 0.3) is 5.91 Å². The van der Waals surface area contributed by atoms with Gasteiger partial charge in [-0.2, -0.15) is 4.36 Å². The molecule has 8 heteroatoms. The zero-order chi connectivity index (χ0) is 19.1. The van der Waals surface area contributed by atoms with Crippen molar-refractivity contribution in [1.82, 2.24) is 9.97 Å². The van der Waals surface area contributed by atoms with Crippen molar-refractivity contribution in [2.24, 2.45) is 10.3 Å². The Morgan fingerprint density at radius 2 is 2.07 bits per heavy atom. The van der Waals surface area contributed by atoms with Crippen LogP contribution in [0.25, 0.3) is 0 Å². The number of fused-ring (bicyclic) bond motifs is 1. The lowest BCUT2D eigenvalue weighted by molar-refractivity contribution is -0.120. The molecule has 1 spiro atoms. The van der Waals surface area contributed by atoms with Gasteiger partial charge in [-0.3, -0.25) is 4.79 Å². The molecular formula is C19H28N4O3S. The molecule has 2 fully saturated rings. The predicted molar refractivity (Wildman–Crippen MR) is 104 cm³/mol. The number of rotatable bonds is 2. The molecule has 4 rings (SSSR count). The van der Waals surface area contributed by atoms with Crippen molar-refractivity contribution in [3.8, 4) is 0 Å². The Bertz CT molecular complexity index is 847. The second kappa shape index (κ2) is 7.13. The van der Waals surface area contributed by atoms with Gasteiger partial charge in [-0.25, -0.2) is 14.2 Å². The van der Waals surface area contributed by atoms with Crippen LogP contribution in [0.15, 0.2) is 10.7 Å². The molecule has 3 aliphatic rings. The number of hydrogen-bond acceptors (Lipinski definition) is 6. The number of ether oxygens (including phenoxy) is 1. The minimum Gasteiger partial charge on any atom is -0.371 e. The van der Waals surface area contributed by atoms with Crippen LogP contribution in [0.3, 0.4) is 0 Å². The monoisotopic (exact) mass is 392 g/mol. The van der Waals surface area contributed by atoms with Gasteiger partial charge in [0, 0.05) is 41.8 Å².